The number of hydrogen-bond acceptors (Lipinski definition) is 4. The summed E-state index contributed by atoms with van der Waals surface area (Å²) in [5.74, 6) is 1.46. The quantitative estimate of drug-likeness (QED) is 0.456. The third-order valence-electron chi connectivity index (χ3n) is 4.33. The maximum absolute atomic E-state index is 12.3. The molecule has 4 N–H and O–H groups in total. The number of anilines is 2. The number of para-hydroxylation sites is 1. The SMILES string of the molecule is NCCn1ncc2cc(NC(=O)Nc3ccc(Oc4ccccc4)cc3)ccc21. The van der Waals surface area contributed by atoms with E-state index in [1.165, 1.54) is 0 Å². The van der Waals surface area contributed by atoms with Gasteiger partial charge < -0.3 is 21.1 Å². The van der Waals surface area contributed by atoms with Gasteiger partial charge in [0.1, 0.15) is 11.5 Å². The molecular weight excluding hydrogens is 366 g/mol. The van der Waals surface area contributed by atoms with Crippen molar-refractivity contribution in [3.63, 3.8) is 0 Å². The Morgan fingerprint density at radius 1 is 0.931 bits per heavy atom. The molecular formula is C22H21N5O2. The van der Waals surface area contributed by atoms with Crippen LogP contribution in [0.4, 0.5) is 16.2 Å². The molecule has 0 bridgehead atoms. The van der Waals surface area contributed by atoms with Crippen molar-refractivity contribution in [3.05, 3.63) is 79.0 Å². The van der Waals surface area contributed by atoms with Crippen LogP contribution in [-0.4, -0.2) is 22.4 Å². The molecule has 4 rings (SSSR count). The van der Waals surface area contributed by atoms with E-state index in [4.69, 9.17) is 10.5 Å². The molecule has 0 aliphatic rings. The average molecular weight is 387 g/mol. The molecule has 0 unspecified atom stereocenters. The van der Waals surface area contributed by atoms with Gasteiger partial charge in [0.15, 0.2) is 0 Å². The van der Waals surface area contributed by atoms with E-state index in [0.717, 1.165) is 16.7 Å². The van der Waals surface area contributed by atoms with Crippen LogP contribution in [0.5, 0.6) is 11.5 Å². The summed E-state index contributed by atoms with van der Waals surface area (Å²) in [5.41, 5.74) is 7.93. The number of nitrogens with one attached hydrogen (secondary N) is 2. The molecule has 3 aromatic carbocycles. The predicted molar refractivity (Wildman–Crippen MR) is 114 cm³/mol. The Morgan fingerprint density at radius 3 is 2.38 bits per heavy atom. The van der Waals surface area contributed by atoms with Crippen molar-refractivity contribution in [3.8, 4) is 11.5 Å². The molecule has 1 aromatic heterocycles. The molecule has 0 radical (unpaired) electrons. The first-order chi connectivity index (χ1) is 14.2. The first-order valence-electron chi connectivity index (χ1n) is 9.28. The lowest BCUT2D eigenvalue weighted by Gasteiger charge is -2.09. The number of nitrogens with two attached hydrogens (primary N) is 1. The van der Waals surface area contributed by atoms with E-state index in [-0.39, 0.29) is 6.03 Å². The summed E-state index contributed by atoms with van der Waals surface area (Å²) < 4.78 is 7.60. The van der Waals surface area contributed by atoms with E-state index in [0.29, 0.717) is 30.2 Å². The summed E-state index contributed by atoms with van der Waals surface area (Å²) >= 11 is 0. The molecule has 0 aliphatic heterocycles. The molecule has 4 aromatic rings. The summed E-state index contributed by atoms with van der Waals surface area (Å²) in [6.07, 6.45) is 1.76. The zero-order valence-electron chi connectivity index (χ0n) is 15.7. The Kier molecular flexibility index (Phi) is 5.40. The third kappa shape index (κ3) is 4.53. The smallest absolute Gasteiger partial charge is 0.323 e. The monoisotopic (exact) mass is 387 g/mol. The number of urea groups is 1. The van der Waals surface area contributed by atoms with Crippen LogP contribution in [-0.2, 0) is 6.54 Å². The lowest BCUT2D eigenvalue weighted by molar-refractivity contribution is 0.262. The molecule has 1 heterocycles. The minimum atomic E-state index is -0.324. The van der Waals surface area contributed by atoms with Gasteiger partial charge in [-0.15, -0.1) is 0 Å². The highest BCUT2D eigenvalue weighted by molar-refractivity contribution is 6.01. The molecule has 0 saturated heterocycles. The second-order valence-corrected chi connectivity index (χ2v) is 6.45. The van der Waals surface area contributed by atoms with Crippen molar-refractivity contribution < 1.29 is 9.53 Å². The summed E-state index contributed by atoms with van der Waals surface area (Å²) in [5, 5.41) is 10.9. The molecule has 7 heteroatoms. The van der Waals surface area contributed by atoms with Gasteiger partial charge in [0.05, 0.1) is 18.3 Å². The zero-order chi connectivity index (χ0) is 20.1. The highest BCUT2D eigenvalue weighted by Crippen LogP contribution is 2.23. The van der Waals surface area contributed by atoms with Crippen LogP contribution in [0.25, 0.3) is 10.9 Å². The van der Waals surface area contributed by atoms with Crippen LogP contribution in [0.1, 0.15) is 0 Å². The van der Waals surface area contributed by atoms with Crippen molar-refractivity contribution >= 4 is 28.3 Å². The van der Waals surface area contributed by atoms with Crippen LogP contribution in [0.15, 0.2) is 79.0 Å². The van der Waals surface area contributed by atoms with Gasteiger partial charge in [-0.1, -0.05) is 18.2 Å². The van der Waals surface area contributed by atoms with Gasteiger partial charge in [0.2, 0.25) is 0 Å². The van der Waals surface area contributed by atoms with Crippen LogP contribution in [0.3, 0.4) is 0 Å². The number of carbonyl (C=O) groups is 1. The number of rotatable bonds is 6. The molecule has 0 atom stereocenters. The van der Waals surface area contributed by atoms with Crippen molar-refractivity contribution in [2.45, 2.75) is 6.54 Å². The summed E-state index contributed by atoms with van der Waals surface area (Å²) in [6, 6.07) is 22.0. The molecule has 146 valence electrons. The molecule has 29 heavy (non-hydrogen) atoms. The largest absolute Gasteiger partial charge is 0.457 e. The Labute approximate surface area is 168 Å². The first-order valence-corrected chi connectivity index (χ1v) is 9.28. The number of benzene rings is 3. The molecule has 0 fully saturated rings. The van der Waals surface area contributed by atoms with E-state index in [9.17, 15) is 4.79 Å². The van der Waals surface area contributed by atoms with Crippen molar-refractivity contribution in [2.24, 2.45) is 5.73 Å². The maximum atomic E-state index is 12.3. The van der Waals surface area contributed by atoms with Gasteiger partial charge in [-0.3, -0.25) is 4.68 Å². The van der Waals surface area contributed by atoms with Crippen molar-refractivity contribution in [1.82, 2.24) is 9.78 Å². The lowest BCUT2D eigenvalue weighted by atomic mass is 10.2. The molecule has 7 nitrogen and oxygen atoms in total. The molecule has 2 amide bonds. The topological polar surface area (TPSA) is 94.2 Å². The van der Waals surface area contributed by atoms with Gasteiger partial charge in [0, 0.05) is 23.3 Å². The van der Waals surface area contributed by atoms with Crippen LogP contribution in [0.2, 0.25) is 0 Å². The Bertz CT molecular complexity index is 1110. The third-order valence-corrected chi connectivity index (χ3v) is 4.33. The van der Waals surface area contributed by atoms with Gasteiger partial charge in [-0.25, -0.2) is 4.79 Å². The van der Waals surface area contributed by atoms with E-state index < -0.39 is 0 Å². The average Bonchev–Trinajstić information content (AvgIpc) is 3.13. The highest BCUT2D eigenvalue weighted by Gasteiger charge is 2.07. The highest BCUT2D eigenvalue weighted by atomic mass is 16.5. The standard InChI is InChI=1S/C22H21N5O2/c23-12-13-27-21-11-8-18(14-16(21)15-24-27)26-22(28)25-17-6-9-20(10-7-17)29-19-4-2-1-3-5-19/h1-11,14-15H,12-13,23H2,(H2,25,26,28). The van der Waals surface area contributed by atoms with Gasteiger partial charge in [-0.2, -0.15) is 5.10 Å². The zero-order valence-corrected chi connectivity index (χ0v) is 15.7. The number of fused-ring (bicyclic) bond motifs is 1. The van der Waals surface area contributed by atoms with Gasteiger partial charge in [-0.05, 0) is 54.6 Å². The Balaban J connectivity index is 1.37. The second-order valence-electron chi connectivity index (χ2n) is 6.45. The number of hydrogen-bond donors (Lipinski definition) is 3. The molecule has 0 saturated carbocycles. The van der Waals surface area contributed by atoms with E-state index >= 15 is 0 Å². The number of aromatic nitrogens is 2. The minimum absolute atomic E-state index is 0.324. The fraction of sp³-hybridized carbons (Fsp3) is 0.0909. The van der Waals surface area contributed by atoms with Crippen LogP contribution in [0, 0.1) is 0 Å². The first kappa shape index (κ1) is 18.5. The number of amides is 2. The van der Waals surface area contributed by atoms with E-state index in [1.54, 1.807) is 30.5 Å². The summed E-state index contributed by atoms with van der Waals surface area (Å²) in [6.45, 7) is 1.18. The van der Waals surface area contributed by atoms with E-state index in [1.807, 2.05) is 53.2 Å². The van der Waals surface area contributed by atoms with Crippen molar-refractivity contribution in [2.75, 3.05) is 17.2 Å². The Morgan fingerprint density at radius 2 is 1.62 bits per heavy atom. The second kappa shape index (κ2) is 8.45. The molecule has 0 aliphatic carbocycles. The minimum Gasteiger partial charge on any atom is -0.457 e. The van der Waals surface area contributed by atoms with Gasteiger partial charge >= 0.3 is 6.03 Å². The fourth-order valence-corrected chi connectivity index (χ4v) is 2.99. The maximum Gasteiger partial charge on any atom is 0.323 e. The lowest BCUT2D eigenvalue weighted by Crippen LogP contribution is -2.19. The summed E-state index contributed by atoms with van der Waals surface area (Å²) in [4.78, 5) is 12.3. The molecule has 0 spiro atoms. The predicted octanol–water partition coefficient (Wildman–Crippen LogP) is 4.43. The Hall–Kier alpha value is -3.84. The van der Waals surface area contributed by atoms with Crippen molar-refractivity contribution in [1.29, 1.82) is 0 Å². The van der Waals surface area contributed by atoms with Crippen LogP contribution >= 0.6 is 0 Å². The normalized spacial score (nSPS) is 10.7. The fourth-order valence-electron chi connectivity index (χ4n) is 2.99. The number of nitrogens with zero attached hydrogens (tertiary/aromatic N) is 2. The van der Waals surface area contributed by atoms with Gasteiger partial charge in [0.25, 0.3) is 0 Å². The summed E-state index contributed by atoms with van der Waals surface area (Å²) in [7, 11) is 0. The van der Waals surface area contributed by atoms with E-state index in [2.05, 4.69) is 15.7 Å². The number of ether oxygens (including phenoxy) is 1. The van der Waals surface area contributed by atoms with Crippen LogP contribution < -0.4 is 21.1 Å². The number of carbonyl (C=O) groups excluding carboxylic acids is 1.